The van der Waals surface area contributed by atoms with Gasteiger partial charge in [-0.15, -0.1) is 0 Å². The van der Waals surface area contributed by atoms with Gasteiger partial charge in [-0.1, -0.05) is 46.4 Å². The fourth-order valence-corrected chi connectivity index (χ4v) is 6.31. The van der Waals surface area contributed by atoms with E-state index in [1.807, 2.05) is 18.2 Å². The Morgan fingerprint density at radius 2 is 1.81 bits per heavy atom. The quantitative estimate of drug-likeness (QED) is 0.518. The van der Waals surface area contributed by atoms with Gasteiger partial charge in [-0.2, -0.15) is 0 Å². The van der Waals surface area contributed by atoms with Crippen LogP contribution in [0.5, 0.6) is 5.75 Å². The van der Waals surface area contributed by atoms with Crippen LogP contribution >= 0.6 is 34.3 Å². The van der Waals surface area contributed by atoms with E-state index in [1.54, 1.807) is 34.8 Å². The van der Waals surface area contributed by atoms with Gasteiger partial charge in [0.15, 0.2) is 6.10 Å². The molecular formula is C20H18ClFNOS2+. The van der Waals surface area contributed by atoms with Crippen LogP contribution in [0.15, 0.2) is 42.5 Å². The first-order chi connectivity index (χ1) is 12.6. The number of hydrogen-bond acceptors (Lipinski definition) is 3. The lowest BCUT2D eigenvalue weighted by Crippen LogP contribution is -2.25. The number of fused-ring (bicyclic) bond motifs is 3. The second kappa shape index (κ2) is 7.14. The average molecular weight is 407 g/mol. The summed E-state index contributed by atoms with van der Waals surface area (Å²) in [7, 11) is 0. The molecule has 2 aromatic carbocycles. The Morgan fingerprint density at radius 3 is 2.50 bits per heavy atom. The summed E-state index contributed by atoms with van der Waals surface area (Å²) in [4.78, 5) is 2.34. The Kier molecular flexibility index (Phi) is 4.86. The predicted molar refractivity (Wildman–Crippen MR) is 108 cm³/mol. The van der Waals surface area contributed by atoms with Crippen molar-refractivity contribution in [3.8, 4) is 16.2 Å². The van der Waals surface area contributed by atoms with Crippen molar-refractivity contribution < 1.29 is 9.13 Å². The number of rotatable bonds is 3. The highest BCUT2D eigenvalue weighted by Gasteiger charge is 2.32. The van der Waals surface area contributed by atoms with Gasteiger partial charge >= 0.3 is 3.98 Å². The van der Waals surface area contributed by atoms with E-state index >= 15 is 0 Å². The summed E-state index contributed by atoms with van der Waals surface area (Å²) < 4.78 is 23.3. The van der Waals surface area contributed by atoms with Gasteiger partial charge < -0.3 is 4.74 Å². The largest absolute Gasteiger partial charge is 0.479 e. The molecule has 2 heterocycles. The van der Waals surface area contributed by atoms with Gasteiger partial charge in [0.05, 0.1) is 9.75 Å². The second-order valence-corrected chi connectivity index (χ2v) is 8.75. The standard InChI is InChI=1S/C20H18ClFNOS2/c1-3-23(4-2)20-25-18-15-11-13(21)7-10-16(15)24-17(19(18)26-20)12-5-8-14(22)9-6-12/h5-11,17H,3-4H2,1-2H3/q+1. The monoisotopic (exact) mass is 406 g/mol. The summed E-state index contributed by atoms with van der Waals surface area (Å²) in [5.74, 6) is 0.575. The zero-order valence-electron chi connectivity index (χ0n) is 14.5. The number of halogens is 2. The molecule has 6 heteroatoms. The maximum atomic E-state index is 13.4. The zero-order chi connectivity index (χ0) is 18.3. The minimum absolute atomic E-state index is 0.232. The van der Waals surface area contributed by atoms with Crippen molar-refractivity contribution >= 4 is 34.3 Å². The van der Waals surface area contributed by atoms with Crippen molar-refractivity contribution in [1.82, 2.24) is 4.58 Å². The predicted octanol–water partition coefficient (Wildman–Crippen LogP) is 5.56. The van der Waals surface area contributed by atoms with Crippen LogP contribution in [0.2, 0.25) is 5.02 Å². The smallest absolute Gasteiger partial charge is 0.314 e. The molecule has 0 saturated carbocycles. The highest BCUT2D eigenvalue weighted by molar-refractivity contribution is 7.29. The molecule has 134 valence electrons. The zero-order valence-corrected chi connectivity index (χ0v) is 16.8. The molecule has 0 spiro atoms. The summed E-state index contributed by atoms with van der Waals surface area (Å²) in [6, 6.07) is 12.3. The summed E-state index contributed by atoms with van der Waals surface area (Å²) >= 11 is 9.77. The molecule has 0 aliphatic carbocycles. The van der Waals surface area contributed by atoms with E-state index in [4.69, 9.17) is 16.3 Å². The van der Waals surface area contributed by atoms with Crippen molar-refractivity contribution in [2.24, 2.45) is 0 Å². The number of benzene rings is 2. The van der Waals surface area contributed by atoms with Crippen molar-refractivity contribution in [3.05, 3.63) is 67.7 Å². The molecule has 26 heavy (non-hydrogen) atoms. The molecule has 0 amide bonds. The molecule has 0 N–H and O–H groups in total. The van der Waals surface area contributed by atoms with Crippen molar-refractivity contribution in [2.75, 3.05) is 13.1 Å². The fourth-order valence-electron chi connectivity index (χ4n) is 3.09. The van der Waals surface area contributed by atoms with E-state index in [9.17, 15) is 4.39 Å². The van der Waals surface area contributed by atoms with E-state index < -0.39 is 0 Å². The molecule has 3 aromatic rings. The van der Waals surface area contributed by atoms with E-state index in [1.165, 1.54) is 21.0 Å². The first-order valence-electron chi connectivity index (χ1n) is 8.54. The first-order valence-corrected chi connectivity index (χ1v) is 10.6. The maximum Gasteiger partial charge on any atom is 0.314 e. The molecule has 0 radical (unpaired) electrons. The number of hydrogen-bond donors (Lipinski definition) is 0. The highest BCUT2D eigenvalue weighted by atomic mass is 35.5. The van der Waals surface area contributed by atoms with Crippen molar-refractivity contribution in [2.45, 2.75) is 20.0 Å². The van der Waals surface area contributed by atoms with Crippen LogP contribution in [0.1, 0.15) is 30.4 Å². The third kappa shape index (κ3) is 3.08. The lowest BCUT2D eigenvalue weighted by molar-refractivity contribution is 0.248. The maximum absolute atomic E-state index is 13.4. The van der Waals surface area contributed by atoms with E-state index in [0.29, 0.717) is 5.02 Å². The second-order valence-electron chi connectivity index (χ2n) is 6.03. The summed E-state index contributed by atoms with van der Waals surface area (Å²) in [5.41, 5.74) is 1.99. The fraction of sp³-hybridized carbons (Fsp3) is 0.250. The van der Waals surface area contributed by atoms with Gasteiger partial charge in [0.1, 0.15) is 24.7 Å². The molecule has 1 atom stereocenters. The van der Waals surface area contributed by atoms with Gasteiger partial charge in [0.2, 0.25) is 0 Å². The van der Waals surface area contributed by atoms with Gasteiger partial charge in [0, 0.05) is 10.6 Å². The molecule has 1 aliphatic heterocycles. The molecule has 2 nitrogen and oxygen atoms in total. The average Bonchev–Trinajstić information content (AvgIpc) is 3.08. The van der Waals surface area contributed by atoms with Gasteiger partial charge in [0.25, 0.3) is 0 Å². The molecular weight excluding hydrogens is 389 g/mol. The van der Waals surface area contributed by atoms with Crippen LogP contribution in [0, 0.1) is 5.82 Å². The molecule has 0 bridgehead atoms. The third-order valence-corrected chi connectivity index (χ3v) is 7.49. The molecule has 0 fully saturated rings. The van der Waals surface area contributed by atoms with E-state index in [2.05, 4.69) is 18.4 Å². The molecule has 1 aliphatic rings. The minimum atomic E-state index is -0.241. The lowest BCUT2D eigenvalue weighted by Gasteiger charge is -2.26. The Labute approximate surface area is 164 Å². The van der Waals surface area contributed by atoms with Crippen molar-refractivity contribution in [1.29, 1.82) is 0 Å². The van der Waals surface area contributed by atoms with Gasteiger partial charge in [-0.25, -0.2) is 8.97 Å². The highest BCUT2D eigenvalue weighted by Crippen LogP contribution is 2.48. The van der Waals surface area contributed by atoms with Crippen molar-refractivity contribution in [3.63, 3.8) is 0 Å². The number of nitrogens with zero attached hydrogens (tertiary/aromatic N) is 1. The normalized spacial score (nSPS) is 15.2. The van der Waals surface area contributed by atoms with Crippen LogP contribution in [-0.4, -0.2) is 13.1 Å². The number of ether oxygens (including phenoxy) is 1. The van der Waals surface area contributed by atoms with E-state index in [-0.39, 0.29) is 11.9 Å². The third-order valence-electron chi connectivity index (χ3n) is 4.47. The van der Waals surface area contributed by atoms with E-state index in [0.717, 1.165) is 34.8 Å². The molecule has 4 rings (SSSR count). The molecule has 0 saturated heterocycles. The van der Waals surface area contributed by atoms with Gasteiger partial charge in [-0.05, 0) is 49.7 Å². The van der Waals surface area contributed by atoms with Gasteiger partial charge in [-0.3, -0.25) is 0 Å². The first kappa shape index (κ1) is 17.7. The Balaban J connectivity index is 1.95. The lowest BCUT2D eigenvalue weighted by atomic mass is 10.0. The van der Waals surface area contributed by atoms with Crippen LogP contribution in [0.3, 0.4) is 0 Å². The SMILES string of the molecule is CC[N+](CC)=c1sc2c(s1)C(c1ccc(F)cc1)Oc1ccc(Cl)cc1-2. The summed E-state index contributed by atoms with van der Waals surface area (Å²) in [5, 5.41) is 0.696. The topological polar surface area (TPSA) is 12.2 Å². The molecule has 1 unspecified atom stereocenters. The van der Waals surface area contributed by atoms with Crippen LogP contribution < -0.4 is 13.3 Å². The Bertz CT molecular complexity index is 1020. The summed E-state index contributed by atoms with van der Waals surface area (Å²) in [6.45, 7) is 6.23. The van der Waals surface area contributed by atoms with Crippen LogP contribution in [0.4, 0.5) is 4.39 Å². The summed E-state index contributed by atoms with van der Waals surface area (Å²) in [6.07, 6.45) is -0.232. The molecule has 1 aromatic heterocycles. The van der Waals surface area contributed by atoms with Crippen LogP contribution in [-0.2, 0) is 0 Å². The Morgan fingerprint density at radius 1 is 1.08 bits per heavy atom. The Hall–Kier alpha value is -1.69. The minimum Gasteiger partial charge on any atom is -0.479 e. The van der Waals surface area contributed by atoms with Crippen LogP contribution in [0.25, 0.3) is 10.4 Å².